The molecular weight excluding hydrogens is 400 g/mol. The summed E-state index contributed by atoms with van der Waals surface area (Å²) in [6, 6.07) is 15.8. The molecule has 0 aromatic heterocycles. The highest BCUT2D eigenvalue weighted by Gasteiger charge is 2.25. The van der Waals surface area contributed by atoms with E-state index in [2.05, 4.69) is 5.32 Å². The number of carbonyl (C=O) groups excluding carboxylic acids is 2. The standard InChI is InChI=1S/C23H28N2O4S/c1-3-13-25(23(29)24-20(12-14-30-2)16-21(26)27)22(28)19-11-7-10-18(15-19)17-8-5-4-6-9-17/h4-11,15,20H,3,12-14,16H2,1-2H3,(H,24,29)(H,26,27)/t20-/m0/s1. The lowest BCUT2D eigenvalue weighted by Crippen LogP contribution is -2.48. The van der Waals surface area contributed by atoms with Crippen LogP contribution in [0, 0.1) is 0 Å². The second-order valence-corrected chi connectivity index (χ2v) is 7.91. The van der Waals surface area contributed by atoms with Crippen molar-refractivity contribution in [3.63, 3.8) is 0 Å². The molecule has 0 saturated heterocycles. The number of carboxylic acid groups (broad SMARTS) is 1. The van der Waals surface area contributed by atoms with Gasteiger partial charge in [-0.05, 0) is 48.1 Å². The second-order valence-electron chi connectivity index (χ2n) is 6.93. The molecule has 2 rings (SSSR count). The Hall–Kier alpha value is -2.80. The highest BCUT2D eigenvalue weighted by atomic mass is 32.2. The van der Waals surface area contributed by atoms with E-state index in [1.807, 2.05) is 49.6 Å². The molecule has 2 aromatic carbocycles. The number of carbonyl (C=O) groups is 3. The van der Waals surface area contributed by atoms with Gasteiger partial charge >= 0.3 is 12.0 Å². The maximum Gasteiger partial charge on any atom is 0.324 e. The Bertz CT molecular complexity index is 857. The number of benzene rings is 2. The van der Waals surface area contributed by atoms with Gasteiger partial charge in [-0.1, -0.05) is 49.4 Å². The van der Waals surface area contributed by atoms with Crippen molar-refractivity contribution in [3.05, 3.63) is 60.2 Å². The Morgan fingerprint density at radius 3 is 2.40 bits per heavy atom. The van der Waals surface area contributed by atoms with Gasteiger partial charge in [-0.15, -0.1) is 0 Å². The molecule has 0 saturated carbocycles. The number of aliphatic carboxylic acids is 1. The summed E-state index contributed by atoms with van der Waals surface area (Å²) in [5.74, 6) is -0.657. The third-order valence-electron chi connectivity index (χ3n) is 4.57. The van der Waals surface area contributed by atoms with Gasteiger partial charge < -0.3 is 10.4 Å². The van der Waals surface area contributed by atoms with Gasteiger partial charge in [-0.3, -0.25) is 14.5 Å². The number of hydrogen-bond donors (Lipinski definition) is 2. The number of thioether (sulfide) groups is 1. The van der Waals surface area contributed by atoms with E-state index in [0.717, 1.165) is 21.8 Å². The number of nitrogens with zero attached hydrogens (tertiary/aromatic N) is 1. The summed E-state index contributed by atoms with van der Waals surface area (Å²) in [5, 5.41) is 11.9. The fourth-order valence-corrected chi connectivity index (χ4v) is 3.61. The number of imide groups is 1. The Kier molecular flexibility index (Phi) is 9.41. The normalized spacial score (nSPS) is 11.5. The summed E-state index contributed by atoms with van der Waals surface area (Å²) in [7, 11) is 0. The van der Waals surface area contributed by atoms with Crippen LogP contribution in [-0.2, 0) is 4.79 Å². The highest BCUT2D eigenvalue weighted by Crippen LogP contribution is 2.21. The van der Waals surface area contributed by atoms with Gasteiger partial charge in [-0.25, -0.2) is 4.79 Å². The molecule has 0 aliphatic heterocycles. The number of urea groups is 1. The molecule has 2 aromatic rings. The molecule has 0 bridgehead atoms. The molecule has 3 amide bonds. The van der Waals surface area contributed by atoms with Crippen LogP contribution in [0.1, 0.15) is 36.5 Å². The molecular formula is C23H28N2O4S. The van der Waals surface area contributed by atoms with Gasteiger partial charge in [0.25, 0.3) is 5.91 Å². The molecule has 6 nitrogen and oxygen atoms in total. The molecule has 0 heterocycles. The van der Waals surface area contributed by atoms with Crippen LogP contribution in [0.4, 0.5) is 4.79 Å². The maximum absolute atomic E-state index is 13.1. The predicted octanol–water partition coefficient (Wildman–Crippen LogP) is 4.51. The minimum Gasteiger partial charge on any atom is -0.481 e. The zero-order chi connectivity index (χ0) is 21.9. The Morgan fingerprint density at radius 1 is 1.07 bits per heavy atom. The van der Waals surface area contributed by atoms with Crippen molar-refractivity contribution < 1.29 is 19.5 Å². The molecule has 0 unspecified atom stereocenters. The average Bonchev–Trinajstić information content (AvgIpc) is 2.75. The number of rotatable bonds is 10. The first-order valence-corrected chi connectivity index (χ1v) is 11.3. The monoisotopic (exact) mass is 428 g/mol. The van der Waals surface area contributed by atoms with Crippen molar-refractivity contribution in [1.82, 2.24) is 10.2 Å². The smallest absolute Gasteiger partial charge is 0.324 e. The van der Waals surface area contributed by atoms with Gasteiger partial charge in [0.1, 0.15) is 0 Å². The number of hydrogen-bond acceptors (Lipinski definition) is 4. The third kappa shape index (κ3) is 6.91. The summed E-state index contributed by atoms with van der Waals surface area (Å²) in [4.78, 5) is 38.3. The SMILES string of the molecule is CCCN(C(=O)N[C@@H](CCSC)CC(=O)O)C(=O)c1cccc(-c2ccccc2)c1. The molecule has 0 radical (unpaired) electrons. The van der Waals surface area contributed by atoms with Gasteiger partial charge in [0.2, 0.25) is 0 Å². The lowest BCUT2D eigenvalue weighted by Gasteiger charge is -2.24. The number of carboxylic acids is 1. The molecule has 2 N–H and O–H groups in total. The summed E-state index contributed by atoms with van der Waals surface area (Å²) in [6.45, 7) is 2.14. The van der Waals surface area contributed by atoms with Crippen molar-refractivity contribution in [3.8, 4) is 11.1 Å². The summed E-state index contributed by atoms with van der Waals surface area (Å²) >= 11 is 1.58. The van der Waals surface area contributed by atoms with Gasteiger partial charge in [0, 0.05) is 18.2 Å². The largest absolute Gasteiger partial charge is 0.481 e. The fraction of sp³-hybridized carbons (Fsp3) is 0.348. The fourth-order valence-electron chi connectivity index (χ4n) is 3.09. The van der Waals surface area contributed by atoms with Gasteiger partial charge in [0.15, 0.2) is 0 Å². The van der Waals surface area contributed by atoms with Crippen LogP contribution in [0.2, 0.25) is 0 Å². The average molecular weight is 429 g/mol. The van der Waals surface area contributed by atoms with E-state index in [9.17, 15) is 14.4 Å². The molecule has 0 aliphatic rings. The Balaban J connectivity index is 2.20. The first kappa shape index (κ1) is 23.5. The van der Waals surface area contributed by atoms with E-state index in [0.29, 0.717) is 18.4 Å². The van der Waals surface area contributed by atoms with Crippen molar-refractivity contribution in [2.24, 2.45) is 0 Å². The van der Waals surface area contributed by atoms with E-state index in [1.54, 1.807) is 30.0 Å². The summed E-state index contributed by atoms with van der Waals surface area (Å²) in [5.41, 5.74) is 2.29. The highest BCUT2D eigenvalue weighted by molar-refractivity contribution is 7.98. The zero-order valence-electron chi connectivity index (χ0n) is 17.3. The van der Waals surface area contributed by atoms with E-state index in [-0.39, 0.29) is 13.0 Å². The molecule has 1 atom stereocenters. The number of nitrogens with one attached hydrogen (secondary N) is 1. The van der Waals surface area contributed by atoms with Crippen LogP contribution in [0.3, 0.4) is 0 Å². The van der Waals surface area contributed by atoms with Crippen molar-refractivity contribution in [2.75, 3.05) is 18.6 Å². The lowest BCUT2D eigenvalue weighted by molar-refractivity contribution is -0.137. The van der Waals surface area contributed by atoms with Crippen molar-refractivity contribution >= 4 is 29.7 Å². The predicted molar refractivity (Wildman–Crippen MR) is 121 cm³/mol. The Morgan fingerprint density at radius 2 is 1.77 bits per heavy atom. The quantitative estimate of drug-likeness (QED) is 0.581. The van der Waals surface area contributed by atoms with Crippen LogP contribution >= 0.6 is 11.8 Å². The molecule has 0 fully saturated rings. The molecule has 160 valence electrons. The Labute approximate surface area is 181 Å². The number of amides is 3. The van der Waals surface area contributed by atoms with Gasteiger partial charge in [0.05, 0.1) is 6.42 Å². The van der Waals surface area contributed by atoms with Crippen molar-refractivity contribution in [2.45, 2.75) is 32.2 Å². The van der Waals surface area contributed by atoms with Crippen LogP contribution in [0.25, 0.3) is 11.1 Å². The van der Waals surface area contributed by atoms with Crippen LogP contribution in [-0.4, -0.2) is 52.5 Å². The minimum absolute atomic E-state index is 0.177. The minimum atomic E-state index is -0.981. The third-order valence-corrected chi connectivity index (χ3v) is 5.22. The van der Waals surface area contributed by atoms with Crippen LogP contribution in [0.15, 0.2) is 54.6 Å². The van der Waals surface area contributed by atoms with E-state index < -0.39 is 23.9 Å². The van der Waals surface area contributed by atoms with Crippen LogP contribution < -0.4 is 5.32 Å². The van der Waals surface area contributed by atoms with Crippen molar-refractivity contribution in [1.29, 1.82) is 0 Å². The maximum atomic E-state index is 13.1. The second kappa shape index (κ2) is 12.0. The zero-order valence-corrected chi connectivity index (χ0v) is 18.2. The topological polar surface area (TPSA) is 86.7 Å². The molecule has 0 spiro atoms. The first-order valence-electron chi connectivity index (χ1n) is 9.94. The van der Waals surface area contributed by atoms with Crippen LogP contribution in [0.5, 0.6) is 0 Å². The van der Waals surface area contributed by atoms with E-state index in [1.165, 1.54) is 0 Å². The van der Waals surface area contributed by atoms with Gasteiger partial charge in [-0.2, -0.15) is 11.8 Å². The van der Waals surface area contributed by atoms with E-state index >= 15 is 0 Å². The summed E-state index contributed by atoms with van der Waals surface area (Å²) in [6.07, 6.45) is 2.87. The molecule has 0 aliphatic carbocycles. The molecule has 7 heteroatoms. The molecule has 30 heavy (non-hydrogen) atoms. The van der Waals surface area contributed by atoms with E-state index in [4.69, 9.17) is 5.11 Å². The first-order chi connectivity index (χ1) is 14.5. The summed E-state index contributed by atoms with van der Waals surface area (Å²) < 4.78 is 0. The lowest BCUT2D eigenvalue weighted by atomic mass is 10.0.